The second kappa shape index (κ2) is 23.3. The molecular weight excluding hydrogens is 336 g/mol. The average molecular weight is 375 g/mol. The lowest BCUT2D eigenvalue weighted by molar-refractivity contribution is -0.135. The lowest BCUT2D eigenvalue weighted by atomic mass is 10.1. The molecule has 0 rings (SSSR count). The smallest absolute Gasteiger partial charge is 0.330 e. The van der Waals surface area contributed by atoms with E-state index in [2.05, 4.69) is 24.8 Å². The van der Waals surface area contributed by atoms with Gasteiger partial charge in [-0.1, -0.05) is 71.4 Å². The molecule has 0 radical (unpaired) electrons. The summed E-state index contributed by atoms with van der Waals surface area (Å²) in [6.45, 7) is 10.00. The number of methoxy groups -OCH3 is 1. The molecule has 0 saturated heterocycles. The monoisotopic (exact) mass is 374 g/mol. The molecule has 0 saturated carbocycles. The van der Waals surface area contributed by atoms with Crippen LogP contribution in [0.2, 0.25) is 0 Å². The minimum Gasteiger partial charge on any atom is -0.478 e. The van der Waals surface area contributed by atoms with Crippen molar-refractivity contribution in [2.75, 3.05) is 7.11 Å². The zero-order chi connectivity index (χ0) is 20.8. The van der Waals surface area contributed by atoms with Gasteiger partial charge in [0.25, 0.3) is 0 Å². The van der Waals surface area contributed by atoms with Gasteiger partial charge in [-0.05, 0) is 19.8 Å². The van der Waals surface area contributed by atoms with E-state index in [0.29, 0.717) is 6.42 Å². The maximum absolute atomic E-state index is 9.84. The summed E-state index contributed by atoms with van der Waals surface area (Å²) in [7, 11) is 1.31. The Balaban J connectivity index is -0.000000364. The molecular formula is C20H38O6. The van der Waals surface area contributed by atoms with Gasteiger partial charge in [-0.2, -0.15) is 0 Å². The van der Waals surface area contributed by atoms with Gasteiger partial charge in [0, 0.05) is 11.6 Å². The summed E-state index contributed by atoms with van der Waals surface area (Å²) in [5, 5.41) is 25.1. The maximum Gasteiger partial charge on any atom is 0.330 e. The number of aliphatic carboxylic acids is 1. The third-order valence-electron chi connectivity index (χ3n) is 3.30. The van der Waals surface area contributed by atoms with E-state index in [-0.39, 0.29) is 5.57 Å². The van der Waals surface area contributed by atoms with E-state index in [0.717, 1.165) is 18.9 Å². The molecule has 0 aromatic heterocycles. The van der Waals surface area contributed by atoms with Crippen molar-refractivity contribution < 1.29 is 29.6 Å². The fourth-order valence-corrected chi connectivity index (χ4v) is 1.72. The van der Waals surface area contributed by atoms with Crippen molar-refractivity contribution in [2.24, 2.45) is 0 Å². The zero-order valence-corrected chi connectivity index (χ0v) is 16.7. The number of carboxylic acid groups (broad SMARTS) is 1. The first-order chi connectivity index (χ1) is 12.2. The quantitative estimate of drug-likeness (QED) is 0.205. The molecule has 3 N–H and O–H groups in total. The van der Waals surface area contributed by atoms with Crippen LogP contribution in [0.5, 0.6) is 0 Å². The Hall–Kier alpha value is -1.66. The maximum atomic E-state index is 9.84. The summed E-state index contributed by atoms with van der Waals surface area (Å²) in [5.41, 5.74) is 0.176. The molecule has 6 heteroatoms. The minimum absolute atomic E-state index is 0.176. The van der Waals surface area contributed by atoms with Crippen LogP contribution in [0, 0.1) is 0 Å². The largest absolute Gasteiger partial charge is 0.478 e. The van der Waals surface area contributed by atoms with Gasteiger partial charge in [0.05, 0.1) is 7.11 Å². The average Bonchev–Trinajstić information content (AvgIpc) is 2.60. The molecule has 0 amide bonds. The number of carbonyl (C=O) groups excluding carboxylic acids is 1. The first kappa shape index (κ1) is 29.1. The van der Waals surface area contributed by atoms with Crippen molar-refractivity contribution in [3.05, 3.63) is 24.8 Å². The van der Waals surface area contributed by atoms with Crippen LogP contribution >= 0.6 is 0 Å². The van der Waals surface area contributed by atoms with E-state index in [9.17, 15) is 9.59 Å². The molecule has 0 aliphatic carbocycles. The molecule has 0 aliphatic rings. The summed E-state index contributed by atoms with van der Waals surface area (Å²) >= 11 is 0. The van der Waals surface area contributed by atoms with Gasteiger partial charge in [-0.15, -0.1) is 0 Å². The Morgan fingerprint density at radius 2 is 1.38 bits per heavy atom. The van der Waals surface area contributed by atoms with Crippen LogP contribution in [0.15, 0.2) is 24.8 Å². The topological polar surface area (TPSA) is 104 Å². The van der Waals surface area contributed by atoms with E-state index in [1.165, 1.54) is 59.0 Å². The molecule has 0 bridgehead atoms. The standard InChI is InChI=1S/C12H26O2.2C4H6O2/c1-2-3-4-5-6-7-8-9-10-11-12(13)14;1-3-4(5)6-2;1-3(2)4(5)6/h12-14H,2-11H2,1H3;3H,1H2,2H3;1H2,2H3,(H,5,6). The van der Waals surface area contributed by atoms with Crippen molar-refractivity contribution in [1.29, 1.82) is 0 Å². The molecule has 0 aromatic rings. The van der Waals surface area contributed by atoms with E-state index < -0.39 is 18.2 Å². The van der Waals surface area contributed by atoms with Crippen LogP contribution in [0.25, 0.3) is 0 Å². The normalized spacial score (nSPS) is 9.31. The third-order valence-corrected chi connectivity index (χ3v) is 3.30. The van der Waals surface area contributed by atoms with E-state index in [4.69, 9.17) is 15.3 Å². The molecule has 0 aliphatic heterocycles. The second-order valence-corrected chi connectivity index (χ2v) is 5.91. The predicted octanol–water partition coefficient (Wildman–Crippen LogP) is 4.21. The Kier molecular flexibility index (Phi) is 26.1. The van der Waals surface area contributed by atoms with Gasteiger partial charge < -0.3 is 20.1 Å². The van der Waals surface area contributed by atoms with E-state index in [1.54, 1.807) is 0 Å². The van der Waals surface area contributed by atoms with Gasteiger partial charge in [0.1, 0.15) is 0 Å². The van der Waals surface area contributed by atoms with Gasteiger partial charge in [0.15, 0.2) is 6.29 Å². The molecule has 0 fully saturated rings. The van der Waals surface area contributed by atoms with Crippen LogP contribution in [0.4, 0.5) is 0 Å². The van der Waals surface area contributed by atoms with Gasteiger partial charge in [-0.3, -0.25) is 0 Å². The number of esters is 1. The highest BCUT2D eigenvalue weighted by atomic mass is 16.5. The minimum atomic E-state index is -1.10. The number of rotatable bonds is 12. The van der Waals surface area contributed by atoms with Crippen molar-refractivity contribution >= 4 is 11.9 Å². The number of aliphatic hydroxyl groups is 2. The predicted molar refractivity (Wildman–Crippen MR) is 105 cm³/mol. The van der Waals surface area contributed by atoms with Gasteiger partial charge in [-0.25, -0.2) is 9.59 Å². The van der Waals surface area contributed by atoms with Crippen molar-refractivity contribution in [3.63, 3.8) is 0 Å². The van der Waals surface area contributed by atoms with Crippen LogP contribution in [0.1, 0.15) is 78.1 Å². The molecule has 26 heavy (non-hydrogen) atoms. The first-order valence-corrected chi connectivity index (χ1v) is 9.18. The summed E-state index contributed by atoms with van der Waals surface area (Å²) < 4.78 is 4.14. The number of ether oxygens (including phenoxy) is 1. The zero-order valence-electron chi connectivity index (χ0n) is 16.7. The highest BCUT2D eigenvalue weighted by Gasteiger charge is 1.96. The third kappa shape index (κ3) is 33.8. The number of unbranched alkanes of at least 4 members (excludes halogenated alkanes) is 8. The second-order valence-electron chi connectivity index (χ2n) is 5.91. The lowest BCUT2D eigenvalue weighted by Gasteiger charge is -2.03. The SMILES string of the molecule is C=C(C)C(=O)O.C=CC(=O)OC.CCCCCCCCCCCC(O)O. The highest BCUT2D eigenvalue weighted by Crippen LogP contribution is 2.10. The molecule has 0 unspecified atom stereocenters. The molecule has 6 nitrogen and oxygen atoms in total. The van der Waals surface area contributed by atoms with E-state index >= 15 is 0 Å². The van der Waals surface area contributed by atoms with E-state index in [1.807, 2.05) is 0 Å². The number of carbonyl (C=O) groups is 2. The number of carboxylic acids is 1. The molecule has 0 atom stereocenters. The van der Waals surface area contributed by atoms with Crippen LogP contribution in [-0.2, 0) is 14.3 Å². The van der Waals surface area contributed by atoms with Crippen molar-refractivity contribution in [1.82, 2.24) is 0 Å². The van der Waals surface area contributed by atoms with Gasteiger partial charge in [0.2, 0.25) is 0 Å². The fraction of sp³-hybridized carbons (Fsp3) is 0.700. The van der Waals surface area contributed by atoms with Crippen molar-refractivity contribution in [3.8, 4) is 0 Å². The molecule has 0 spiro atoms. The Bertz CT molecular complexity index is 349. The molecule has 0 heterocycles. The number of hydrogen-bond acceptors (Lipinski definition) is 5. The van der Waals surface area contributed by atoms with Crippen LogP contribution in [0.3, 0.4) is 0 Å². The lowest BCUT2D eigenvalue weighted by Crippen LogP contribution is -2.02. The number of hydrogen-bond donors (Lipinski definition) is 3. The first-order valence-electron chi connectivity index (χ1n) is 9.18. The Morgan fingerprint density at radius 1 is 1.00 bits per heavy atom. The summed E-state index contributed by atoms with van der Waals surface area (Å²) in [6, 6.07) is 0. The summed E-state index contributed by atoms with van der Waals surface area (Å²) in [6.07, 6.45) is 12.0. The van der Waals surface area contributed by atoms with Crippen LogP contribution < -0.4 is 0 Å². The van der Waals surface area contributed by atoms with Crippen LogP contribution in [-0.4, -0.2) is 40.7 Å². The summed E-state index contributed by atoms with van der Waals surface area (Å²) in [5.74, 6) is -1.33. The number of aliphatic hydroxyl groups excluding tert-OH is 1. The highest BCUT2D eigenvalue weighted by molar-refractivity contribution is 5.84. The Labute approximate surface area is 158 Å². The summed E-state index contributed by atoms with van der Waals surface area (Å²) in [4.78, 5) is 19.4. The Morgan fingerprint density at radius 3 is 1.62 bits per heavy atom. The molecule has 154 valence electrons. The fourth-order valence-electron chi connectivity index (χ4n) is 1.72. The van der Waals surface area contributed by atoms with Crippen molar-refractivity contribution in [2.45, 2.75) is 84.3 Å². The molecule has 0 aromatic carbocycles. The van der Waals surface area contributed by atoms with Gasteiger partial charge >= 0.3 is 11.9 Å².